The molecule has 0 aliphatic carbocycles. The average Bonchev–Trinajstić information content (AvgIpc) is 3.81. The molecule has 5 nitrogen and oxygen atoms in total. The Morgan fingerprint density at radius 2 is 1.19 bits per heavy atom. The van der Waals surface area contributed by atoms with E-state index >= 15 is 0 Å². The zero-order valence-corrected chi connectivity index (χ0v) is 46.3. The van der Waals surface area contributed by atoms with Crippen molar-refractivity contribution in [2.45, 2.75) is 166 Å². The van der Waals surface area contributed by atoms with Gasteiger partial charge in [-0.05, 0) is 178 Å². The van der Waals surface area contributed by atoms with Crippen molar-refractivity contribution >= 4 is 33.5 Å². The number of hydrogen-bond donors (Lipinski definition) is 0. The first-order valence-corrected chi connectivity index (χ1v) is 26.1. The van der Waals surface area contributed by atoms with Gasteiger partial charge in [0.15, 0.2) is 0 Å². The number of ether oxygens (including phenoxy) is 1. The lowest BCUT2D eigenvalue weighted by Crippen LogP contribution is -2.35. The normalized spacial score (nSPS) is 16.1. The van der Waals surface area contributed by atoms with Crippen LogP contribution in [0.15, 0.2) is 90.1 Å². The molecule has 2 aliphatic rings. The van der Waals surface area contributed by atoms with Crippen LogP contribution in [0.1, 0.15) is 165 Å². The molecule has 5 heteroatoms. The Morgan fingerprint density at radius 3 is 1.77 bits per heavy atom. The molecule has 1 atom stereocenters. The van der Waals surface area contributed by atoms with Crippen LogP contribution in [-0.4, -0.2) is 28.0 Å². The molecule has 0 saturated carbocycles. The van der Waals surface area contributed by atoms with E-state index in [0.29, 0.717) is 17.8 Å². The largest absolute Gasteiger partial charge is 0.457 e. The second-order valence-corrected chi connectivity index (χ2v) is 25.7. The number of amidine groups is 1. The smallest absolute Gasteiger partial charge is 0.145 e. The lowest BCUT2D eigenvalue weighted by molar-refractivity contribution is 0.247. The summed E-state index contributed by atoms with van der Waals surface area (Å²) in [5.41, 5.74) is 20.3. The number of nitrogens with zero attached hydrogens (tertiary/aromatic N) is 4. The predicted molar refractivity (Wildman–Crippen MR) is 300 cm³/mol. The second-order valence-electron chi connectivity index (χ2n) is 25.7. The minimum atomic E-state index is -0.271. The van der Waals surface area contributed by atoms with Crippen molar-refractivity contribution in [3.05, 3.63) is 146 Å². The molecule has 2 aliphatic heterocycles. The van der Waals surface area contributed by atoms with Crippen LogP contribution in [0.5, 0.6) is 11.5 Å². The van der Waals surface area contributed by atoms with Crippen LogP contribution < -0.4 is 9.64 Å². The van der Waals surface area contributed by atoms with Gasteiger partial charge >= 0.3 is 0 Å². The van der Waals surface area contributed by atoms with Crippen molar-refractivity contribution in [1.82, 2.24) is 9.55 Å². The molecule has 0 spiro atoms. The first kappa shape index (κ1) is 49.3. The number of benzene rings is 5. The minimum Gasteiger partial charge on any atom is -0.457 e. The third kappa shape index (κ3) is 8.57. The minimum absolute atomic E-state index is 0.0121. The van der Waals surface area contributed by atoms with Gasteiger partial charge in [-0.15, -0.1) is 0 Å². The van der Waals surface area contributed by atoms with E-state index in [0.717, 1.165) is 57.5 Å². The summed E-state index contributed by atoms with van der Waals surface area (Å²) in [5, 5.41) is 2.45. The monoisotopic (exact) mass is 933 g/mol. The Labute approximate surface area is 420 Å². The molecular weight excluding hydrogens is 853 g/mol. The van der Waals surface area contributed by atoms with Crippen LogP contribution in [0.3, 0.4) is 0 Å². The summed E-state index contributed by atoms with van der Waals surface area (Å²) in [5.74, 6) is 4.01. The van der Waals surface area contributed by atoms with Crippen LogP contribution in [0.25, 0.3) is 38.8 Å². The van der Waals surface area contributed by atoms with Gasteiger partial charge in [0.2, 0.25) is 0 Å². The van der Waals surface area contributed by atoms with E-state index < -0.39 is 0 Å². The number of aliphatic imine (C=N–C) groups is 1. The van der Waals surface area contributed by atoms with Crippen LogP contribution >= 0.6 is 0 Å². The highest BCUT2D eigenvalue weighted by Crippen LogP contribution is 2.51. The quantitative estimate of drug-likeness (QED) is 0.152. The molecule has 70 heavy (non-hydrogen) atoms. The van der Waals surface area contributed by atoms with Crippen molar-refractivity contribution in [2.24, 2.45) is 22.7 Å². The van der Waals surface area contributed by atoms with Gasteiger partial charge in [0.05, 0.1) is 17.2 Å². The number of fused-ring (bicyclic) bond motifs is 5. The van der Waals surface area contributed by atoms with E-state index in [9.17, 15) is 0 Å². The highest BCUT2D eigenvalue weighted by molar-refractivity contribution is 6.13. The maximum Gasteiger partial charge on any atom is 0.145 e. The van der Waals surface area contributed by atoms with E-state index in [1.165, 1.54) is 72.0 Å². The zero-order valence-electron chi connectivity index (χ0n) is 46.3. The van der Waals surface area contributed by atoms with E-state index in [1.54, 1.807) is 0 Å². The first-order chi connectivity index (χ1) is 32.5. The third-order valence-electron chi connectivity index (χ3n) is 15.8. The van der Waals surface area contributed by atoms with Gasteiger partial charge < -0.3 is 9.64 Å². The maximum absolute atomic E-state index is 7.38. The third-order valence-corrected chi connectivity index (χ3v) is 15.8. The second kappa shape index (κ2) is 17.0. The average molecular weight is 933 g/mol. The molecule has 366 valence electrons. The molecule has 0 saturated heterocycles. The highest BCUT2D eigenvalue weighted by atomic mass is 16.5. The molecule has 2 aromatic heterocycles. The van der Waals surface area contributed by atoms with Crippen LogP contribution in [0, 0.1) is 52.4 Å². The summed E-state index contributed by atoms with van der Waals surface area (Å²) in [7, 11) is 0. The van der Waals surface area contributed by atoms with E-state index in [2.05, 4.69) is 227 Å². The van der Waals surface area contributed by atoms with Crippen LogP contribution in [-0.2, 0) is 21.7 Å². The van der Waals surface area contributed by atoms with E-state index in [1.807, 2.05) is 6.20 Å². The number of pyridine rings is 1. The molecule has 9 rings (SSSR count). The van der Waals surface area contributed by atoms with Crippen molar-refractivity contribution in [3.63, 3.8) is 0 Å². The summed E-state index contributed by atoms with van der Waals surface area (Å²) >= 11 is 0. The van der Waals surface area contributed by atoms with Crippen LogP contribution in [0.2, 0.25) is 0 Å². The van der Waals surface area contributed by atoms with Crippen LogP contribution in [0.4, 0.5) is 5.69 Å². The number of hydrogen-bond acceptors (Lipinski definition) is 4. The summed E-state index contributed by atoms with van der Waals surface area (Å²) in [6.07, 6.45) is 2.01. The SMILES string of the molecule is Cc1cc(C)c(-c2cc(Oc3cc4c(cc3C)C(C)(C)c3cc(C(C)(C)C)cc5c6cc(C)cnc6n-4c35)cc(C3=N[C@H](C(C(C)C)C(C)C)CN3c3cc(C(C)(C)C)cc(C(C)(C)C)c3)c2)c(C)c1. The molecule has 0 amide bonds. The highest BCUT2D eigenvalue weighted by Gasteiger charge is 2.39. The molecule has 0 fully saturated rings. The number of aromatic nitrogens is 2. The van der Waals surface area contributed by atoms with E-state index in [4.69, 9.17) is 14.7 Å². The lowest BCUT2D eigenvalue weighted by atomic mass is 9.72. The Morgan fingerprint density at radius 1 is 0.600 bits per heavy atom. The number of rotatable bonds is 8. The van der Waals surface area contributed by atoms with Gasteiger partial charge in [-0.2, -0.15) is 0 Å². The lowest BCUT2D eigenvalue weighted by Gasteiger charge is -2.36. The molecule has 0 radical (unpaired) electrons. The topological polar surface area (TPSA) is 42.6 Å². The van der Waals surface area contributed by atoms with Crippen molar-refractivity contribution < 1.29 is 4.74 Å². The number of anilines is 1. The Kier molecular flexibility index (Phi) is 12.0. The Hall–Kier alpha value is -5.68. The van der Waals surface area contributed by atoms with Gasteiger partial charge in [-0.1, -0.05) is 134 Å². The van der Waals surface area contributed by atoms with Crippen molar-refractivity contribution in [2.75, 3.05) is 11.4 Å². The first-order valence-electron chi connectivity index (χ1n) is 26.1. The fraction of sp³-hybridized carbons (Fsp3) is 0.446. The molecule has 7 aromatic rings. The molecular formula is C65H80N4O. The van der Waals surface area contributed by atoms with E-state index in [-0.39, 0.29) is 27.7 Å². The zero-order chi connectivity index (χ0) is 50.9. The van der Waals surface area contributed by atoms with Crippen molar-refractivity contribution in [3.8, 4) is 28.3 Å². The summed E-state index contributed by atoms with van der Waals surface area (Å²) in [6.45, 7) is 47.1. The molecule has 0 N–H and O–H groups in total. The number of aryl methyl sites for hydroxylation is 5. The molecule has 0 bridgehead atoms. The summed E-state index contributed by atoms with van der Waals surface area (Å²) in [4.78, 5) is 13.6. The predicted octanol–water partition coefficient (Wildman–Crippen LogP) is 17.3. The van der Waals surface area contributed by atoms with Gasteiger partial charge in [0.1, 0.15) is 23.0 Å². The molecule has 0 unspecified atom stereocenters. The Balaban J connectivity index is 1.27. The van der Waals surface area contributed by atoms with Crippen molar-refractivity contribution in [1.29, 1.82) is 0 Å². The maximum atomic E-state index is 7.38. The summed E-state index contributed by atoms with van der Waals surface area (Å²) in [6, 6.07) is 30.8. The fourth-order valence-corrected chi connectivity index (χ4v) is 12.1. The fourth-order valence-electron chi connectivity index (χ4n) is 12.1. The van der Waals surface area contributed by atoms with Gasteiger partial charge in [0, 0.05) is 46.2 Å². The van der Waals surface area contributed by atoms with Gasteiger partial charge in [-0.3, -0.25) is 9.56 Å². The van der Waals surface area contributed by atoms with Gasteiger partial charge in [0.25, 0.3) is 0 Å². The standard InChI is InChI=1S/C65H80N4O/c1-36(2)57(37(3)4)54-35-68(48-29-45(62(10,11)12)28-46(30-48)63(13,14)15)60(67-54)44-25-43(58-41(8)21-38(5)22-42(58)9)26-49(27-44)70-56-33-55-52(24-40(56)7)65(19,20)53-32-47(64(16,17)18)31-50-51-23-39(6)34-66-61(51)69(55)59(50)53/h21-34,36-37,54,57H,35H2,1-20H3/t54-/m0/s1. The molecule has 4 heterocycles. The molecule has 5 aromatic carbocycles. The van der Waals surface area contributed by atoms with Gasteiger partial charge in [-0.25, -0.2) is 4.98 Å². The Bertz CT molecular complexity index is 3200. The summed E-state index contributed by atoms with van der Waals surface area (Å²) < 4.78 is 9.80.